The minimum Gasteiger partial charge on any atom is -0.478 e. The van der Waals surface area contributed by atoms with Crippen molar-refractivity contribution in [1.29, 1.82) is 0 Å². The minimum absolute atomic E-state index is 0.203. The third-order valence-electron chi connectivity index (χ3n) is 4.35. The molecule has 28 heavy (non-hydrogen) atoms. The number of hydroxylamine groups is 1. The molecule has 0 atom stereocenters. The highest BCUT2D eigenvalue weighted by molar-refractivity contribution is 5.97. The van der Waals surface area contributed by atoms with Gasteiger partial charge >= 0.3 is 5.97 Å². The van der Waals surface area contributed by atoms with Crippen LogP contribution in [0, 0.1) is 6.92 Å². The quantitative estimate of drug-likeness (QED) is 0.537. The number of aryl methyl sites for hydroxylation is 2. The number of hydrogen-bond donors (Lipinski definition) is 3. The van der Waals surface area contributed by atoms with Crippen molar-refractivity contribution < 1.29 is 19.5 Å². The van der Waals surface area contributed by atoms with E-state index in [4.69, 9.17) is 4.84 Å². The van der Waals surface area contributed by atoms with Crippen LogP contribution in [0.4, 0.5) is 11.5 Å². The molecule has 1 amide bonds. The predicted molar refractivity (Wildman–Crippen MR) is 103 cm³/mol. The van der Waals surface area contributed by atoms with Crippen molar-refractivity contribution in [2.75, 3.05) is 12.4 Å². The lowest BCUT2D eigenvalue weighted by molar-refractivity contribution is 0.0537. The molecule has 0 radical (unpaired) electrons. The molecule has 9 nitrogen and oxygen atoms in total. The number of carboxylic acid groups (broad SMARTS) is 1. The number of carbonyl (C=O) groups is 2. The number of fused-ring (bicyclic) bond motifs is 1. The van der Waals surface area contributed by atoms with Gasteiger partial charge in [0.1, 0.15) is 11.8 Å². The van der Waals surface area contributed by atoms with Crippen LogP contribution in [0.1, 0.15) is 45.2 Å². The van der Waals surface area contributed by atoms with Gasteiger partial charge in [-0.25, -0.2) is 19.8 Å². The lowest BCUT2D eigenvalue weighted by Crippen LogP contribution is -2.22. The highest BCUT2D eigenvalue weighted by Crippen LogP contribution is 2.28. The van der Waals surface area contributed by atoms with Crippen LogP contribution in [0.15, 0.2) is 30.7 Å². The number of nitrogens with zero attached hydrogens (tertiary/aromatic N) is 3. The highest BCUT2D eigenvalue weighted by atomic mass is 16.6. The van der Waals surface area contributed by atoms with E-state index in [0.717, 1.165) is 12.0 Å². The number of nitrogens with one attached hydrogen (secondary N) is 2. The number of amides is 1. The van der Waals surface area contributed by atoms with Gasteiger partial charge in [-0.15, -0.1) is 0 Å². The van der Waals surface area contributed by atoms with E-state index in [1.807, 2.05) is 19.9 Å². The smallest absolute Gasteiger partial charge is 0.337 e. The zero-order chi connectivity index (χ0) is 20.3. The second-order valence-electron chi connectivity index (χ2n) is 6.27. The van der Waals surface area contributed by atoms with Crippen molar-refractivity contribution in [3.63, 3.8) is 0 Å². The summed E-state index contributed by atoms with van der Waals surface area (Å²) in [6, 6.07) is 5.31. The van der Waals surface area contributed by atoms with Crippen molar-refractivity contribution in [1.82, 2.24) is 20.1 Å². The van der Waals surface area contributed by atoms with Crippen LogP contribution in [-0.2, 0) is 11.3 Å². The van der Waals surface area contributed by atoms with E-state index in [1.54, 1.807) is 12.1 Å². The summed E-state index contributed by atoms with van der Waals surface area (Å²) in [5, 5.41) is 16.8. The molecule has 3 rings (SSSR count). The van der Waals surface area contributed by atoms with E-state index in [0.29, 0.717) is 34.6 Å². The average molecular weight is 383 g/mol. The zero-order valence-corrected chi connectivity index (χ0v) is 15.8. The standard InChI is InChI=1S/C19H21N5O4/c1-4-5-13-15(19(26)27)9-24-16(13)17(20-10-21-24)22-12-7-6-11(2)14(8-12)18(25)23-28-3/h6-10H,4-5H2,1-3H3,(H,23,25)(H,26,27)(H,20,21,22). The maximum absolute atomic E-state index is 12.1. The number of carbonyl (C=O) groups excluding carboxylic acids is 1. The number of rotatable bonds is 7. The van der Waals surface area contributed by atoms with E-state index < -0.39 is 5.97 Å². The van der Waals surface area contributed by atoms with Gasteiger partial charge in [0.2, 0.25) is 0 Å². The molecule has 0 aliphatic carbocycles. The van der Waals surface area contributed by atoms with Crippen LogP contribution >= 0.6 is 0 Å². The number of hydrogen-bond acceptors (Lipinski definition) is 6. The Hall–Kier alpha value is -3.46. The normalized spacial score (nSPS) is 10.8. The highest BCUT2D eigenvalue weighted by Gasteiger charge is 2.20. The Morgan fingerprint density at radius 2 is 2.07 bits per heavy atom. The first-order valence-corrected chi connectivity index (χ1v) is 8.75. The van der Waals surface area contributed by atoms with Crippen LogP contribution in [0.3, 0.4) is 0 Å². The van der Waals surface area contributed by atoms with Gasteiger partial charge < -0.3 is 10.4 Å². The van der Waals surface area contributed by atoms with Crippen molar-refractivity contribution in [2.24, 2.45) is 0 Å². The van der Waals surface area contributed by atoms with Crippen LogP contribution in [0.25, 0.3) is 5.52 Å². The monoisotopic (exact) mass is 383 g/mol. The largest absolute Gasteiger partial charge is 0.478 e. The molecule has 0 aliphatic rings. The minimum atomic E-state index is -1.01. The van der Waals surface area contributed by atoms with E-state index in [-0.39, 0.29) is 11.5 Å². The fourth-order valence-electron chi connectivity index (χ4n) is 3.08. The number of aromatic carboxylic acids is 1. The van der Waals surface area contributed by atoms with Crippen LogP contribution in [0.5, 0.6) is 0 Å². The molecule has 3 N–H and O–H groups in total. The number of anilines is 2. The molecule has 0 unspecified atom stereocenters. The van der Waals surface area contributed by atoms with Crippen LogP contribution < -0.4 is 10.8 Å². The fraction of sp³-hybridized carbons (Fsp3) is 0.263. The summed E-state index contributed by atoms with van der Waals surface area (Å²) in [6.07, 6.45) is 4.20. The molecule has 0 saturated heterocycles. The second-order valence-corrected chi connectivity index (χ2v) is 6.27. The molecule has 2 heterocycles. The second kappa shape index (κ2) is 8.05. The summed E-state index contributed by atoms with van der Waals surface area (Å²) in [5.74, 6) is -0.902. The van der Waals surface area contributed by atoms with Gasteiger partial charge in [0.25, 0.3) is 5.91 Å². The number of aromatic nitrogens is 3. The van der Waals surface area contributed by atoms with E-state index in [2.05, 4.69) is 20.9 Å². The maximum atomic E-state index is 12.1. The molecule has 0 bridgehead atoms. The Kier molecular flexibility index (Phi) is 5.55. The fourth-order valence-corrected chi connectivity index (χ4v) is 3.08. The summed E-state index contributed by atoms with van der Waals surface area (Å²) in [4.78, 5) is 32.7. The van der Waals surface area contributed by atoms with Crippen LogP contribution in [0.2, 0.25) is 0 Å². The molecule has 0 aliphatic heterocycles. The van der Waals surface area contributed by atoms with Crippen molar-refractivity contribution in [2.45, 2.75) is 26.7 Å². The molecule has 1 aromatic carbocycles. The Labute approximate surface area is 161 Å². The summed E-state index contributed by atoms with van der Waals surface area (Å²) in [5.41, 5.74) is 5.65. The summed E-state index contributed by atoms with van der Waals surface area (Å²) < 4.78 is 1.51. The van der Waals surface area contributed by atoms with Gasteiger partial charge in [0, 0.05) is 17.4 Å². The van der Waals surface area contributed by atoms with E-state index in [9.17, 15) is 14.7 Å². The molecule has 3 aromatic rings. The first-order chi connectivity index (χ1) is 13.5. The average Bonchev–Trinajstić information content (AvgIpc) is 3.04. The zero-order valence-electron chi connectivity index (χ0n) is 15.8. The van der Waals surface area contributed by atoms with E-state index >= 15 is 0 Å². The summed E-state index contributed by atoms with van der Waals surface area (Å²) in [6.45, 7) is 3.80. The lowest BCUT2D eigenvalue weighted by Gasteiger charge is -2.12. The molecule has 0 saturated carbocycles. The van der Waals surface area contributed by atoms with Gasteiger partial charge in [0.05, 0.1) is 12.7 Å². The third kappa shape index (κ3) is 3.65. The number of benzene rings is 1. The predicted octanol–water partition coefficient (Wildman–Crippen LogP) is 2.72. The van der Waals surface area contributed by atoms with Gasteiger partial charge in [-0.1, -0.05) is 19.4 Å². The topological polar surface area (TPSA) is 118 Å². The third-order valence-corrected chi connectivity index (χ3v) is 4.35. The number of carboxylic acids is 1. The van der Waals surface area contributed by atoms with Gasteiger partial charge in [0.15, 0.2) is 5.82 Å². The molecular formula is C19H21N5O4. The summed E-state index contributed by atoms with van der Waals surface area (Å²) in [7, 11) is 1.37. The molecule has 0 spiro atoms. The lowest BCUT2D eigenvalue weighted by atomic mass is 10.1. The Balaban J connectivity index is 2.07. The maximum Gasteiger partial charge on any atom is 0.337 e. The summed E-state index contributed by atoms with van der Waals surface area (Å²) >= 11 is 0. The van der Waals surface area contributed by atoms with Crippen molar-refractivity contribution in [3.05, 3.63) is 53.0 Å². The molecule has 0 fully saturated rings. The molecular weight excluding hydrogens is 362 g/mol. The Morgan fingerprint density at radius 3 is 2.75 bits per heavy atom. The molecule has 2 aromatic heterocycles. The molecule has 146 valence electrons. The van der Waals surface area contributed by atoms with Crippen LogP contribution in [-0.4, -0.2) is 38.7 Å². The first kappa shape index (κ1) is 19.3. The first-order valence-electron chi connectivity index (χ1n) is 8.75. The van der Waals surface area contributed by atoms with Crippen molar-refractivity contribution in [3.8, 4) is 0 Å². The van der Waals surface area contributed by atoms with E-state index in [1.165, 1.54) is 24.1 Å². The SMILES string of the molecule is CCCc1c(C(=O)O)cn2ncnc(Nc3ccc(C)c(C(=O)NOC)c3)c12. The van der Waals surface area contributed by atoms with Gasteiger partial charge in [-0.2, -0.15) is 5.10 Å². The van der Waals surface area contributed by atoms with Crippen molar-refractivity contribution >= 4 is 28.9 Å². The van der Waals surface area contributed by atoms with Gasteiger partial charge in [-0.3, -0.25) is 9.63 Å². The molecule has 9 heteroatoms. The van der Waals surface area contributed by atoms with Gasteiger partial charge in [-0.05, 0) is 36.6 Å². The Morgan fingerprint density at radius 1 is 1.29 bits per heavy atom. The Bertz CT molecular complexity index is 1040.